The highest BCUT2D eigenvalue weighted by atomic mass is 32.2. The summed E-state index contributed by atoms with van der Waals surface area (Å²) in [5, 5.41) is 8.76. The van der Waals surface area contributed by atoms with Crippen LogP contribution in [0, 0.1) is 0 Å². The molecule has 1 aromatic rings. The number of hydrogen-bond donors (Lipinski definition) is 1. The van der Waals surface area contributed by atoms with E-state index >= 15 is 0 Å². The maximum atomic E-state index is 12.1. The number of amides is 1. The number of carboxylic acid groups (broad SMARTS) is 1. The zero-order chi connectivity index (χ0) is 14.0. The second kappa shape index (κ2) is 5.00. The molecule has 1 aliphatic rings. The average molecular weight is 283 g/mol. The molecule has 7 heteroatoms. The van der Waals surface area contributed by atoms with Crippen molar-refractivity contribution in [1.29, 1.82) is 0 Å². The number of aromatic carboxylic acids is 1. The Bertz CT molecular complexity index is 592. The van der Waals surface area contributed by atoms with Gasteiger partial charge in [0.05, 0.1) is 17.1 Å². The van der Waals surface area contributed by atoms with E-state index in [1.54, 1.807) is 0 Å². The van der Waals surface area contributed by atoms with Crippen molar-refractivity contribution in [2.75, 3.05) is 24.6 Å². The highest BCUT2D eigenvalue weighted by Crippen LogP contribution is 2.11. The van der Waals surface area contributed by atoms with Gasteiger partial charge in [0.2, 0.25) is 0 Å². The van der Waals surface area contributed by atoms with Crippen molar-refractivity contribution < 1.29 is 23.1 Å². The van der Waals surface area contributed by atoms with E-state index in [0.717, 1.165) is 0 Å². The van der Waals surface area contributed by atoms with Crippen LogP contribution in [0.5, 0.6) is 0 Å². The molecule has 0 bridgehead atoms. The normalized spacial score (nSPS) is 18.0. The summed E-state index contributed by atoms with van der Waals surface area (Å²) in [6.07, 6.45) is 0. The maximum absolute atomic E-state index is 12.1. The summed E-state index contributed by atoms with van der Waals surface area (Å²) in [4.78, 5) is 24.2. The van der Waals surface area contributed by atoms with Crippen LogP contribution in [0.1, 0.15) is 20.7 Å². The lowest BCUT2D eigenvalue weighted by Crippen LogP contribution is -2.43. The molecule has 1 saturated heterocycles. The van der Waals surface area contributed by atoms with Crippen LogP contribution in [0.25, 0.3) is 0 Å². The van der Waals surface area contributed by atoms with Crippen LogP contribution >= 0.6 is 0 Å². The largest absolute Gasteiger partial charge is 0.478 e. The highest BCUT2D eigenvalue weighted by molar-refractivity contribution is 7.91. The summed E-state index contributed by atoms with van der Waals surface area (Å²) >= 11 is 0. The third kappa shape index (κ3) is 3.11. The summed E-state index contributed by atoms with van der Waals surface area (Å²) in [6, 6.07) is 5.59. The topological polar surface area (TPSA) is 91.8 Å². The fourth-order valence-corrected chi connectivity index (χ4v) is 3.05. The van der Waals surface area contributed by atoms with Gasteiger partial charge in [-0.05, 0) is 24.3 Å². The zero-order valence-corrected chi connectivity index (χ0v) is 10.9. The van der Waals surface area contributed by atoms with Gasteiger partial charge in [0.25, 0.3) is 5.91 Å². The van der Waals surface area contributed by atoms with Crippen LogP contribution in [0.4, 0.5) is 0 Å². The molecule has 1 amide bonds. The third-order valence-corrected chi connectivity index (χ3v) is 4.62. The quantitative estimate of drug-likeness (QED) is 0.840. The van der Waals surface area contributed by atoms with Gasteiger partial charge in [-0.3, -0.25) is 4.79 Å². The van der Waals surface area contributed by atoms with Crippen LogP contribution in [0.15, 0.2) is 24.3 Å². The molecule has 0 unspecified atom stereocenters. The van der Waals surface area contributed by atoms with E-state index in [9.17, 15) is 18.0 Å². The Morgan fingerprint density at radius 2 is 1.47 bits per heavy atom. The van der Waals surface area contributed by atoms with E-state index in [0.29, 0.717) is 5.56 Å². The lowest BCUT2D eigenvalue weighted by Gasteiger charge is -2.26. The monoisotopic (exact) mass is 283 g/mol. The standard InChI is InChI=1S/C12H13NO5S/c14-11(13-5-7-19(17,18)8-6-13)9-1-3-10(4-2-9)12(15)16/h1-4H,5-8H2,(H,15,16). The second-order valence-electron chi connectivity index (χ2n) is 4.33. The molecule has 0 spiro atoms. The highest BCUT2D eigenvalue weighted by Gasteiger charge is 2.25. The van der Waals surface area contributed by atoms with Crippen molar-refractivity contribution in [3.8, 4) is 0 Å². The van der Waals surface area contributed by atoms with Gasteiger partial charge in [0.15, 0.2) is 9.84 Å². The zero-order valence-electron chi connectivity index (χ0n) is 10.1. The molecule has 1 N–H and O–H groups in total. The molecule has 0 radical (unpaired) electrons. The Hall–Kier alpha value is -1.89. The number of hydrogen-bond acceptors (Lipinski definition) is 4. The number of carbonyl (C=O) groups excluding carboxylic acids is 1. The molecular weight excluding hydrogens is 270 g/mol. The first-order valence-corrected chi connectivity index (χ1v) is 7.54. The first-order valence-electron chi connectivity index (χ1n) is 5.72. The number of benzene rings is 1. The molecule has 0 atom stereocenters. The minimum atomic E-state index is -3.02. The Kier molecular flexibility index (Phi) is 3.57. The summed E-state index contributed by atoms with van der Waals surface area (Å²) in [5.41, 5.74) is 0.474. The summed E-state index contributed by atoms with van der Waals surface area (Å²) in [5.74, 6) is -1.37. The summed E-state index contributed by atoms with van der Waals surface area (Å²) in [6.45, 7) is 0.365. The molecule has 1 heterocycles. The van der Waals surface area contributed by atoms with Gasteiger partial charge in [-0.25, -0.2) is 13.2 Å². The molecule has 0 saturated carbocycles. The summed E-state index contributed by atoms with van der Waals surface area (Å²) in [7, 11) is -3.02. The predicted molar refractivity (Wildman–Crippen MR) is 68.0 cm³/mol. The minimum Gasteiger partial charge on any atom is -0.478 e. The maximum Gasteiger partial charge on any atom is 0.335 e. The molecule has 2 rings (SSSR count). The molecule has 0 aliphatic carbocycles. The third-order valence-electron chi connectivity index (χ3n) is 3.01. The smallest absolute Gasteiger partial charge is 0.335 e. The predicted octanol–water partition coefficient (Wildman–Crippen LogP) is 0.255. The number of nitrogens with zero attached hydrogens (tertiary/aromatic N) is 1. The molecule has 0 aromatic heterocycles. The van der Waals surface area contributed by atoms with Gasteiger partial charge in [-0.1, -0.05) is 0 Å². The Balaban J connectivity index is 2.10. The SMILES string of the molecule is O=C(O)c1ccc(C(=O)N2CCS(=O)(=O)CC2)cc1. The van der Waals surface area contributed by atoms with E-state index in [-0.39, 0.29) is 36.1 Å². The molecule has 1 aliphatic heterocycles. The van der Waals surface area contributed by atoms with E-state index < -0.39 is 15.8 Å². The van der Waals surface area contributed by atoms with Crippen molar-refractivity contribution in [3.63, 3.8) is 0 Å². The van der Waals surface area contributed by atoms with Gasteiger partial charge < -0.3 is 10.0 Å². The van der Waals surface area contributed by atoms with Crippen molar-refractivity contribution in [2.24, 2.45) is 0 Å². The molecule has 19 heavy (non-hydrogen) atoms. The number of rotatable bonds is 2. The van der Waals surface area contributed by atoms with Gasteiger partial charge in [-0.2, -0.15) is 0 Å². The fraction of sp³-hybridized carbons (Fsp3) is 0.333. The van der Waals surface area contributed by atoms with Crippen molar-refractivity contribution in [3.05, 3.63) is 35.4 Å². The van der Waals surface area contributed by atoms with Gasteiger partial charge in [0.1, 0.15) is 0 Å². The average Bonchev–Trinajstić information content (AvgIpc) is 2.38. The first kappa shape index (κ1) is 13.5. The molecule has 6 nitrogen and oxygen atoms in total. The number of carbonyl (C=O) groups is 2. The van der Waals surface area contributed by atoms with Crippen molar-refractivity contribution >= 4 is 21.7 Å². The van der Waals surface area contributed by atoms with E-state index in [1.807, 2.05) is 0 Å². The number of sulfone groups is 1. The first-order chi connectivity index (χ1) is 8.89. The Morgan fingerprint density at radius 1 is 1.00 bits per heavy atom. The molecule has 1 fully saturated rings. The van der Waals surface area contributed by atoms with Gasteiger partial charge >= 0.3 is 5.97 Å². The lowest BCUT2D eigenvalue weighted by atomic mass is 10.1. The van der Waals surface area contributed by atoms with Crippen molar-refractivity contribution in [2.45, 2.75) is 0 Å². The van der Waals surface area contributed by atoms with Crippen LogP contribution in [0.3, 0.4) is 0 Å². The minimum absolute atomic E-state index is 0.0219. The van der Waals surface area contributed by atoms with Gasteiger partial charge in [0, 0.05) is 18.7 Å². The summed E-state index contributed by atoms with van der Waals surface area (Å²) < 4.78 is 22.5. The molecule has 1 aromatic carbocycles. The van der Waals surface area contributed by atoms with Crippen LogP contribution < -0.4 is 0 Å². The number of carboxylic acids is 1. The van der Waals surface area contributed by atoms with E-state index in [4.69, 9.17) is 5.11 Å². The van der Waals surface area contributed by atoms with Gasteiger partial charge in [-0.15, -0.1) is 0 Å². The Morgan fingerprint density at radius 3 is 1.95 bits per heavy atom. The van der Waals surface area contributed by atoms with Crippen LogP contribution in [0.2, 0.25) is 0 Å². The van der Waals surface area contributed by atoms with Crippen LogP contribution in [-0.2, 0) is 9.84 Å². The van der Waals surface area contributed by atoms with Crippen molar-refractivity contribution in [1.82, 2.24) is 4.90 Å². The second-order valence-corrected chi connectivity index (χ2v) is 6.63. The van der Waals surface area contributed by atoms with E-state index in [2.05, 4.69) is 0 Å². The fourth-order valence-electron chi connectivity index (χ4n) is 1.85. The van der Waals surface area contributed by atoms with Crippen LogP contribution in [-0.4, -0.2) is 54.9 Å². The Labute approximate surface area is 110 Å². The van der Waals surface area contributed by atoms with E-state index in [1.165, 1.54) is 29.2 Å². The molecule has 102 valence electrons. The molecular formula is C12H13NO5S. The lowest BCUT2D eigenvalue weighted by molar-refractivity contribution is 0.0694.